The van der Waals surface area contributed by atoms with Crippen molar-refractivity contribution in [3.63, 3.8) is 0 Å². The number of thioether (sulfide) groups is 1. The van der Waals surface area contributed by atoms with Crippen LogP contribution in [0.4, 0.5) is 13.2 Å². The van der Waals surface area contributed by atoms with Crippen molar-refractivity contribution >= 4 is 23.3 Å². The van der Waals surface area contributed by atoms with Gasteiger partial charge in [0.05, 0.1) is 18.4 Å². The molecule has 1 aliphatic carbocycles. The molecule has 0 aliphatic heterocycles. The Balaban J connectivity index is 2.40. The van der Waals surface area contributed by atoms with E-state index in [1.807, 2.05) is 0 Å². The molecule has 1 aliphatic rings. The molecular formula is C17H17F3O3S. The molecule has 1 saturated carbocycles. The van der Waals surface area contributed by atoms with Crippen LogP contribution >= 0.6 is 11.8 Å². The van der Waals surface area contributed by atoms with E-state index in [2.05, 4.69) is 0 Å². The van der Waals surface area contributed by atoms with Crippen LogP contribution in [0.3, 0.4) is 0 Å². The van der Waals surface area contributed by atoms with Crippen LogP contribution in [-0.2, 0) is 15.7 Å². The van der Waals surface area contributed by atoms with Gasteiger partial charge in [-0.1, -0.05) is 0 Å². The van der Waals surface area contributed by atoms with Crippen LogP contribution in [0.15, 0.2) is 34.9 Å². The first-order valence-corrected chi connectivity index (χ1v) is 8.68. The van der Waals surface area contributed by atoms with Crippen molar-refractivity contribution in [1.82, 2.24) is 0 Å². The molecule has 0 N–H and O–H groups in total. The Morgan fingerprint density at radius 1 is 1.33 bits per heavy atom. The number of benzene rings is 1. The third kappa shape index (κ3) is 4.20. The molecule has 0 saturated heterocycles. The van der Waals surface area contributed by atoms with Crippen LogP contribution in [0.1, 0.15) is 35.7 Å². The summed E-state index contributed by atoms with van der Waals surface area (Å²) in [5.74, 6) is -1.09. The summed E-state index contributed by atoms with van der Waals surface area (Å²) in [6.07, 6.45) is -0.332. The van der Waals surface area contributed by atoms with Crippen molar-refractivity contribution in [3.05, 3.63) is 41.2 Å². The van der Waals surface area contributed by atoms with E-state index in [4.69, 9.17) is 4.74 Å². The number of ketones is 2. The fourth-order valence-electron chi connectivity index (χ4n) is 2.16. The summed E-state index contributed by atoms with van der Waals surface area (Å²) < 4.78 is 43.6. The highest BCUT2D eigenvalue weighted by Crippen LogP contribution is 2.36. The van der Waals surface area contributed by atoms with Gasteiger partial charge in [0, 0.05) is 16.4 Å². The number of halogens is 3. The summed E-state index contributed by atoms with van der Waals surface area (Å²) in [5, 5.41) is 0. The van der Waals surface area contributed by atoms with Crippen molar-refractivity contribution in [2.75, 3.05) is 12.9 Å². The largest absolute Gasteiger partial charge is 0.501 e. The van der Waals surface area contributed by atoms with E-state index in [0.29, 0.717) is 0 Å². The normalized spacial score (nSPS) is 15.3. The maximum absolute atomic E-state index is 12.8. The molecular weight excluding hydrogens is 341 g/mol. The molecule has 1 fully saturated rings. The third-order valence-corrected chi connectivity index (χ3v) is 4.38. The summed E-state index contributed by atoms with van der Waals surface area (Å²) in [6.45, 7) is 2.00. The third-order valence-electron chi connectivity index (χ3n) is 3.60. The lowest BCUT2D eigenvalue weighted by atomic mass is 9.97. The van der Waals surface area contributed by atoms with Crippen LogP contribution in [0.25, 0.3) is 0 Å². The molecule has 1 aromatic rings. The Hall–Kier alpha value is -1.76. The minimum Gasteiger partial charge on any atom is -0.501 e. The van der Waals surface area contributed by atoms with Crippen molar-refractivity contribution in [2.45, 2.75) is 30.8 Å². The number of ether oxygens (including phenoxy) is 1. The van der Waals surface area contributed by atoms with E-state index in [-0.39, 0.29) is 34.3 Å². The zero-order valence-electron chi connectivity index (χ0n) is 13.3. The monoisotopic (exact) mass is 358 g/mol. The SMILES string of the molecule is CCO/C=C(/C(=O)c1ccc(C(F)(F)F)cc1SC)C(=O)C1CC1. The average Bonchev–Trinajstić information content (AvgIpc) is 3.38. The van der Waals surface area contributed by atoms with Gasteiger partial charge >= 0.3 is 6.18 Å². The van der Waals surface area contributed by atoms with E-state index in [0.717, 1.165) is 49.1 Å². The molecule has 0 heterocycles. The Kier molecular flexibility index (Phi) is 5.74. The van der Waals surface area contributed by atoms with E-state index in [9.17, 15) is 22.8 Å². The molecule has 0 unspecified atom stereocenters. The second kappa shape index (κ2) is 7.42. The summed E-state index contributed by atoms with van der Waals surface area (Å²) in [4.78, 5) is 25.2. The molecule has 0 aromatic heterocycles. The van der Waals surface area contributed by atoms with E-state index in [1.54, 1.807) is 13.2 Å². The van der Waals surface area contributed by atoms with Gasteiger partial charge in [0.15, 0.2) is 5.78 Å². The lowest BCUT2D eigenvalue weighted by Gasteiger charge is -2.12. The molecule has 3 nitrogen and oxygen atoms in total. The van der Waals surface area contributed by atoms with Gasteiger partial charge < -0.3 is 4.74 Å². The number of rotatable bonds is 7. The number of allylic oxidation sites excluding steroid dienone is 1. The van der Waals surface area contributed by atoms with Gasteiger partial charge in [-0.05, 0) is 44.2 Å². The zero-order chi connectivity index (χ0) is 17.9. The quantitative estimate of drug-likeness (QED) is 0.180. The molecule has 7 heteroatoms. The average molecular weight is 358 g/mol. The summed E-state index contributed by atoms with van der Waals surface area (Å²) in [7, 11) is 0. The number of alkyl halides is 3. The van der Waals surface area contributed by atoms with Crippen molar-refractivity contribution in [3.8, 4) is 0 Å². The highest BCUT2D eigenvalue weighted by Gasteiger charge is 2.36. The topological polar surface area (TPSA) is 43.4 Å². The summed E-state index contributed by atoms with van der Waals surface area (Å²) >= 11 is 1.03. The zero-order valence-corrected chi connectivity index (χ0v) is 14.1. The standard InChI is InChI=1S/C17H17F3O3S/c1-3-23-9-13(15(21)10-4-5-10)16(22)12-7-6-11(17(18,19)20)8-14(12)24-2/h6-10H,3-5H2,1-2H3/b13-9+. The molecule has 0 bridgehead atoms. The fraction of sp³-hybridized carbons (Fsp3) is 0.412. The van der Waals surface area contributed by atoms with Gasteiger partial charge in [0.25, 0.3) is 0 Å². The maximum atomic E-state index is 12.8. The minimum atomic E-state index is -4.49. The van der Waals surface area contributed by atoms with Crippen LogP contribution < -0.4 is 0 Å². The van der Waals surface area contributed by atoms with Gasteiger partial charge in [-0.15, -0.1) is 11.8 Å². The van der Waals surface area contributed by atoms with Gasteiger partial charge in [0.2, 0.25) is 5.78 Å². The van der Waals surface area contributed by atoms with Gasteiger partial charge in [0.1, 0.15) is 5.57 Å². The second-order valence-electron chi connectivity index (χ2n) is 5.37. The van der Waals surface area contributed by atoms with E-state index < -0.39 is 17.5 Å². The van der Waals surface area contributed by atoms with Crippen LogP contribution in [0.5, 0.6) is 0 Å². The summed E-state index contributed by atoms with van der Waals surface area (Å²) in [5.41, 5.74) is -0.850. The predicted octanol–water partition coefficient (Wildman–Crippen LogP) is 4.51. The van der Waals surface area contributed by atoms with Crippen molar-refractivity contribution in [1.29, 1.82) is 0 Å². The van der Waals surface area contributed by atoms with Crippen LogP contribution in [0, 0.1) is 5.92 Å². The Morgan fingerprint density at radius 2 is 2.00 bits per heavy atom. The Bertz CT molecular complexity index is 676. The van der Waals surface area contributed by atoms with Crippen molar-refractivity contribution < 1.29 is 27.5 Å². The highest BCUT2D eigenvalue weighted by atomic mass is 32.2. The van der Waals surface area contributed by atoms with Gasteiger partial charge in [-0.2, -0.15) is 13.2 Å². The Morgan fingerprint density at radius 3 is 2.50 bits per heavy atom. The number of carbonyl (C=O) groups excluding carboxylic acids is 2. The summed E-state index contributed by atoms with van der Waals surface area (Å²) in [6, 6.07) is 2.90. The van der Waals surface area contributed by atoms with E-state index >= 15 is 0 Å². The Labute approximate surface area is 142 Å². The lowest BCUT2D eigenvalue weighted by molar-refractivity contribution is -0.137. The van der Waals surface area contributed by atoms with Gasteiger partial charge in [-0.3, -0.25) is 9.59 Å². The first kappa shape index (κ1) is 18.6. The molecule has 130 valence electrons. The lowest BCUT2D eigenvalue weighted by Crippen LogP contribution is -2.17. The van der Waals surface area contributed by atoms with E-state index in [1.165, 1.54) is 0 Å². The van der Waals surface area contributed by atoms with Crippen molar-refractivity contribution in [2.24, 2.45) is 5.92 Å². The predicted molar refractivity (Wildman–Crippen MR) is 85.0 cm³/mol. The van der Waals surface area contributed by atoms with Crippen LogP contribution in [-0.4, -0.2) is 24.4 Å². The van der Waals surface area contributed by atoms with Crippen LogP contribution in [0.2, 0.25) is 0 Å². The smallest absolute Gasteiger partial charge is 0.416 e. The second-order valence-corrected chi connectivity index (χ2v) is 6.22. The first-order chi connectivity index (χ1) is 11.3. The molecule has 2 rings (SSSR count). The fourth-order valence-corrected chi connectivity index (χ4v) is 2.78. The first-order valence-electron chi connectivity index (χ1n) is 7.45. The molecule has 24 heavy (non-hydrogen) atoms. The molecule has 0 spiro atoms. The molecule has 0 atom stereocenters. The molecule has 0 radical (unpaired) electrons. The van der Waals surface area contributed by atoms with Gasteiger partial charge in [-0.25, -0.2) is 0 Å². The highest BCUT2D eigenvalue weighted by molar-refractivity contribution is 7.98. The maximum Gasteiger partial charge on any atom is 0.416 e. The molecule has 1 aromatic carbocycles. The minimum absolute atomic E-state index is 0.0791. The number of carbonyl (C=O) groups is 2. The number of hydrogen-bond acceptors (Lipinski definition) is 4. The number of hydrogen-bond donors (Lipinski definition) is 0. The molecule has 0 amide bonds. The number of Topliss-reactive ketones (excluding diaryl/α,β-unsaturated/α-hetero) is 2.